The number of hydrogen-bond donors (Lipinski definition) is 1. The summed E-state index contributed by atoms with van der Waals surface area (Å²) >= 11 is 2.98. The normalized spacial score (nSPS) is 12.7. The van der Waals surface area contributed by atoms with Gasteiger partial charge in [-0.15, -0.1) is 10.2 Å². The summed E-state index contributed by atoms with van der Waals surface area (Å²) < 4.78 is 6.71. The predicted molar refractivity (Wildman–Crippen MR) is 105 cm³/mol. The highest BCUT2D eigenvalue weighted by atomic mass is 32.2. The Labute approximate surface area is 157 Å². The molecule has 0 aliphatic carbocycles. The first-order valence-electron chi connectivity index (χ1n) is 8.37. The minimum absolute atomic E-state index is 0.0894. The first-order valence-corrected chi connectivity index (χ1v) is 10.2. The van der Waals surface area contributed by atoms with Crippen molar-refractivity contribution in [1.82, 2.24) is 10.2 Å². The van der Waals surface area contributed by atoms with Crippen LogP contribution in [-0.4, -0.2) is 28.0 Å². The van der Waals surface area contributed by atoms with Crippen LogP contribution in [0.5, 0.6) is 5.75 Å². The van der Waals surface area contributed by atoms with Crippen molar-refractivity contribution in [2.45, 2.75) is 56.9 Å². The van der Waals surface area contributed by atoms with Gasteiger partial charge in [0.15, 0.2) is 10.4 Å². The molecule has 136 valence electrons. The first-order chi connectivity index (χ1) is 11.8. The summed E-state index contributed by atoms with van der Waals surface area (Å²) in [6, 6.07) is 7.91. The molecule has 1 heterocycles. The molecule has 1 aromatic heterocycles. The Hall–Kier alpha value is -1.60. The van der Waals surface area contributed by atoms with Crippen LogP contribution < -0.4 is 10.1 Å². The molecule has 0 radical (unpaired) electrons. The number of carbonyl (C=O) groups is 1. The topological polar surface area (TPSA) is 64.1 Å². The Morgan fingerprint density at radius 1 is 1.24 bits per heavy atom. The van der Waals surface area contributed by atoms with Crippen LogP contribution in [0.15, 0.2) is 28.6 Å². The third kappa shape index (κ3) is 5.71. The lowest BCUT2D eigenvalue weighted by atomic mass is 9.87. The van der Waals surface area contributed by atoms with Crippen molar-refractivity contribution in [2.75, 3.05) is 11.1 Å². The van der Waals surface area contributed by atoms with E-state index >= 15 is 0 Å². The molecular formula is C18H25N3O2S2. The summed E-state index contributed by atoms with van der Waals surface area (Å²) in [5.41, 5.74) is 1.32. The lowest BCUT2D eigenvalue weighted by molar-refractivity contribution is -0.122. The highest BCUT2D eigenvalue weighted by molar-refractivity contribution is 8.01. The quantitative estimate of drug-likeness (QED) is 0.556. The Morgan fingerprint density at radius 2 is 1.92 bits per heavy atom. The molecule has 0 fully saturated rings. The van der Waals surface area contributed by atoms with E-state index < -0.39 is 6.10 Å². The number of benzene rings is 1. The summed E-state index contributed by atoms with van der Waals surface area (Å²) in [7, 11) is 0. The zero-order chi connectivity index (χ0) is 18.4. The molecule has 2 rings (SSSR count). The van der Waals surface area contributed by atoms with E-state index in [1.54, 1.807) is 11.8 Å². The van der Waals surface area contributed by atoms with Crippen LogP contribution in [0, 0.1) is 0 Å². The molecule has 1 atom stereocenters. The number of carbonyl (C=O) groups excluding carboxylic acids is 1. The Bertz CT molecular complexity index is 693. The lowest BCUT2D eigenvalue weighted by Crippen LogP contribution is -2.32. The second-order valence-electron chi connectivity index (χ2n) is 6.58. The van der Waals surface area contributed by atoms with Crippen LogP contribution in [0.4, 0.5) is 5.13 Å². The van der Waals surface area contributed by atoms with Gasteiger partial charge in [-0.2, -0.15) is 0 Å². The van der Waals surface area contributed by atoms with E-state index in [4.69, 9.17) is 4.74 Å². The molecule has 0 saturated heterocycles. The number of nitrogens with one attached hydrogen (secondary N) is 1. The van der Waals surface area contributed by atoms with Crippen LogP contribution in [0.3, 0.4) is 0 Å². The summed E-state index contributed by atoms with van der Waals surface area (Å²) in [6.07, 6.45) is 0.00838. The zero-order valence-electron chi connectivity index (χ0n) is 15.3. The number of nitrogens with zero attached hydrogens (tertiary/aromatic N) is 2. The zero-order valence-corrected chi connectivity index (χ0v) is 17.0. The van der Waals surface area contributed by atoms with Gasteiger partial charge in [-0.05, 0) is 35.3 Å². The van der Waals surface area contributed by atoms with E-state index in [1.807, 2.05) is 31.2 Å². The van der Waals surface area contributed by atoms with E-state index in [1.165, 1.54) is 16.9 Å². The van der Waals surface area contributed by atoms with Crippen LogP contribution in [0.25, 0.3) is 0 Å². The third-order valence-corrected chi connectivity index (χ3v) is 5.42. The van der Waals surface area contributed by atoms with E-state index in [9.17, 15) is 4.79 Å². The first kappa shape index (κ1) is 19.7. The molecule has 25 heavy (non-hydrogen) atoms. The van der Waals surface area contributed by atoms with E-state index in [0.29, 0.717) is 17.3 Å². The largest absolute Gasteiger partial charge is 0.481 e. The van der Waals surface area contributed by atoms with Gasteiger partial charge in [0.05, 0.1) is 0 Å². The number of anilines is 1. The molecule has 0 bridgehead atoms. The van der Waals surface area contributed by atoms with Crippen molar-refractivity contribution in [3.05, 3.63) is 29.8 Å². The van der Waals surface area contributed by atoms with Crippen molar-refractivity contribution in [3.63, 3.8) is 0 Å². The van der Waals surface area contributed by atoms with E-state index in [2.05, 4.69) is 43.2 Å². The van der Waals surface area contributed by atoms with Crippen LogP contribution in [0.2, 0.25) is 0 Å². The van der Waals surface area contributed by atoms with Gasteiger partial charge in [-0.1, -0.05) is 69.9 Å². The van der Waals surface area contributed by atoms with Gasteiger partial charge < -0.3 is 4.74 Å². The predicted octanol–water partition coefficient (Wildman–Crippen LogP) is 4.74. The molecular weight excluding hydrogens is 354 g/mol. The van der Waals surface area contributed by atoms with Crippen molar-refractivity contribution in [2.24, 2.45) is 0 Å². The number of hydrogen-bond acceptors (Lipinski definition) is 6. The molecule has 1 N–H and O–H groups in total. The number of rotatable bonds is 7. The maximum atomic E-state index is 12.4. The molecule has 0 unspecified atom stereocenters. The van der Waals surface area contributed by atoms with Gasteiger partial charge in [-0.3, -0.25) is 10.1 Å². The monoisotopic (exact) mass is 379 g/mol. The van der Waals surface area contributed by atoms with Crippen LogP contribution in [-0.2, 0) is 10.2 Å². The molecule has 0 saturated carbocycles. The molecule has 0 spiro atoms. The van der Waals surface area contributed by atoms with Crippen LogP contribution in [0.1, 0.15) is 46.6 Å². The molecule has 0 aliphatic heterocycles. The minimum Gasteiger partial charge on any atom is -0.481 e. The van der Waals surface area contributed by atoms with Gasteiger partial charge in [0.2, 0.25) is 5.13 Å². The Kier molecular flexibility index (Phi) is 6.84. The van der Waals surface area contributed by atoms with Gasteiger partial charge in [-0.25, -0.2) is 0 Å². The number of amides is 1. The Morgan fingerprint density at radius 3 is 2.48 bits per heavy atom. The van der Waals surface area contributed by atoms with Crippen molar-refractivity contribution < 1.29 is 9.53 Å². The maximum absolute atomic E-state index is 12.4. The lowest BCUT2D eigenvalue weighted by Gasteiger charge is -2.20. The maximum Gasteiger partial charge on any atom is 0.267 e. The van der Waals surface area contributed by atoms with Crippen molar-refractivity contribution in [1.29, 1.82) is 0 Å². The molecule has 1 amide bonds. The van der Waals surface area contributed by atoms with E-state index in [0.717, 1.165) is 10.1 Å². The fraction of sp³-hybridized carbons (Fsp3) is 0.500. The summed E-state index contributed by atoms with van der Waals surface area (Å²) in [6.45, 7) is 10.5. The smallest absolute Gasteiger partial charge is 0.267 e. The minimum atomic E-state index is -0.563. The molecule has 5 nitrogen and oxygen atoms in total. The fourth-order valence-corrected chi connectivity index (χ4v) is 3.80. The standard InChI is InChI=1S/C18H25N3O2S2/c1-6-14(15(22)19-16-20-21-17(25-16)24-7-2)23-13-10-8-12(9-11-13)18(3,4)5/h8-11,14H,6-7H2,1-5H3,(H,19,20,22)/t14-/m1/s1. The van der Waals surface area contributed by atoms with Gasteiger partial charge in [0.1, 0.15) is 5.75 Å². The van der Waals surface area contributed by atoms with Gasteiger partial charge in [0.25, 0.3) is 5.91 Å². The number of aromatic nitrogens is 2. The highest BCUT2D eigenvalue weighted by Gasteiger charge is 2.21. The van der Waals surface area contributed by atoms with Crippen molar-refractivity contribution in [3.8, 4) is 5.75 Å². The summed E-state index contributed by atoms with van der Waals surface area (Å²) in [4.78, 5) is 12.4. The summed E-state index contributed by atoms with van der Waals surface area (Å²) in [5.74, 6) is 1.41. The second-order valence-corrected chi connectivity index (χ2v) is 9.07. The second kappa shape index (κ2) is 8.67. The third-order valence-electron chi connectivity index (χ3n) is 3.57. The average molecular weight is 380 g/mol. The average Bonchev–Trinajstić information content (AvgIpc) is 2.99. The van der Waals surface area contributed by atoms with Crippen LogP contribution >= 0.6 is 23.1 Å². The fourth-order valence-electron chi connectivity index (χ4n) is 2.15. The van der Waals surface area contributed by atoms with Gasteiger partial charge in [0, 0.05) is 0 Å². The van der Waals surface area contributed by atoms with Gasteiger partial charge >= 0.3 is 0 Å². The SMILES string of the molecule is CCSc1nnc(NC(=O)[C@@H](CC)Oc2ccc(C(C)(C)C)cc2)s1. The number of ether oxygens (including phenoxy) is 1. The molecule has 1 aromatic carbocycles. The Balaban J connectivity index is 1.99. The molecule has 2 aromatic rings. The molecule has 0 aliphatic rings. The van der Waals surface area contributed by atoms with Crippen molar-refractivity contribution >= 4 is 34.1 Å². The summed E-state index contributed by atoms with van der Waals surface area (Å²) in [5, 5.41) is 11.3. The van der Waals surface area contributed by atoms with E-state index in [-0.39, 0.29) is 11.3 Å². The number of thioether (sulfide) groups is 1. The highest BCUT2D eigenvalue weighted by Crippen LogP contribution is 2.26. The molecule has 7 heteroatoms.